The van der Waals surface area contributed by atoms with E-state index in [9.17, 15) is 0 Å². The fourth-order valence-electron chi connectivity index (χ4n) is 1.24. The van der Waals surface area contributed by atoms with Gasteiger partial charge in [0.2, 0.25) is 0 Å². The summed E-state index contributed by atoms with van der Waals surface area (Å²) in [6.45, 7) is 0.513. The van der Waals surface area contributed by atoms with Crippen molar-refractivity contribution in [3.05, 3.63) is 33.8 Å². The lowest BCUT2D eigenvalue weighted by Gasteiger charge is -2.12. The lowest BCUT2D eigenvalue weighted by molar-refractivity contribution is 0.230. The van der Waals surface area contributed by atoms with Crippen LogP contribution >= 0.6 is 23.2 Å². The Morgan fingerprint density at radius 1 is 1.36 bits per heavy atom. The average molecular weight is 234 g/mol. The van der Waals surface area contributed by atoms with E-state index in [4.69, 9.17) is 34.0 Å². The van der Waals surface area contributed by atoms with Gasteiger partial charge in [-0.3, -0.25) is 0 Å². The van der Waals surface area contributed by atoms with E-state index < -0.39 is 0 Å². The molecule has 1 atom stereocenters. The van der Waals surface area contributed by atoms with Crippen LogP contribution in [0.5, 0.6) is 0 Å². The monoisotopic (exact) mass is 233 g/mol. The molecule has 0 aromatic heterocycles. The molecule has 0 aliphatic rings. The molecule has 0 heterocycles. The Kier molecular flexibility index (Phi) is 4.69. The maximum atomic E-state index is 8.99. The van der Waals surface area contributed by atoms with Gasteiger partial charge in [0.15, 0.2) is 0 Å². The van der Waals surface area contributed by atoms with Crippen molar-refractivity contribution in [2.75, 3.05) is 13.2 Å². The van der Waals surface area contributed by atoms with Gasteiger partial charge in [0.25, 0.3) is 0 Å². The number of hydrogen-bond donors (Lipinski definition) is 2. The van der Waals surface area contributed by atoms with Crippen molar-refractivity contribution >= 4 is 23.2 Å². The van der Waals surface area contributed by atoms with E-state index in [0.717, 1.165) is 5.56 Å². The highest BCUT2D eigenvalue weighted by Gasteiger charge is 2.10. The van der Waals surface area contributed by atoms with Crippen LogP contribution in [0.25, 0.3) is 0 Å². The Balaban J connectivity index is 2.80. The number of halogens is 2. The fraction of sp³-hybridized carbons (Fsp3) is 0.400. The van der Waals surface area contributed by atoms with E-state index in [0.29, 0.717) is 23.0 Å². The Morgan fingerprint density at radius 2 is 2.07 bits per heavy atom. The quantitative estimate of drug-likeness (QED) is 0.837. The largest absolute Gasteiger partial charge is 0.396 e. The van der Waals surface area contributed by atoms with Gasteiger partial charge in [0.1, 0.15) is 0 Å². The van der Waals surface area contributed by atoms with E-state index in [-0.39, 0.29) is 12.5 Å². The highest BCUT2D eigenvalue weighted by molar-refractivity contribution is 6.42. The van der Waals surface area contributed by atoms with E-state index in [1.807, 2.05) is 12.1 Å². The van der Waals surface area contributed by atoms with Crippen molar-refractivity contribution < 1.29 is 5.11 Å². The number of rotatable bonds is 4. The Labute approximate surface area is 93.6 Å². The summed E-state index contributed by atoms with van der Waals surface area (Å²) in [6.07, 6.45) is 0.659. The van der Waals surface area contributed by atoms with E-state index in [1.165, 1.54) is 0 Å². The molecule has 0 aliphatic heterocycles. The van der Waals surface area contributed by atoms with Crippen molar-refractivity contribution in [3.63, 3.8) is 0 Å². The molecule has 4 heteroatoms. The molecule has 1 aromatic rings. The van der Waals surface area contributed by atoms with Crippen LogP contribution in [0.1, 0.15) is 5.56 Å². The fourth-order valence-corrected chi connectivity index (χ4v) is 1.64. The van der Waals surface area contributed by atoms with E-state index in [2.05, 4.69) is 0 Å². The first kappa shape index (κ1) is 11.8. The van der Waals surface area contributed by atoms with Crippen LogP contribution in [0.3, 0.4) is 0 Å². The lowest BCUT2D eigenvalue weighted by atomic mass is 10.0. The first-order valence-corrected chi connectivity index (χ1v) is 5.18. The maximum Gasteiger partial charge on any atom is 0.0624 e. The highest BCUT2D eigenvalue weighted by Crippen LogP contribution is 2.27. The van der Waals surface area contributed by atoms with Gasteiger partial charge in [0.05, 0.1) is 10.0 Å². The number of aliphatic hydroxyl groups is 1. The Bertz CT molecular complexity index is 300. The first-order chi connectivity index (χ1) is 6.69. The molecule has 2 nitrogen and oxygen atoms in total. The molecule has 0 bridgehead atoms. The normalized spacial score (nSPS) is 12.9. The van der Waals surface area contributed by atoms with Crippen LogP contribution in [0.4, 0.5) is 0 Å². The predicted molar refractivity (Wildman–Crippen MR) is 59.8 cm³/mol. The van der Waals surface area contributed by atoms with Crippen molar-refractivity contribution in [3.8, 4) is 0 Å². The lowest BCUT2D eigenvalue weighted by Crippen LogP contribution is -2.20. The standard InChI is InChI=1S/C10H13Cl2NO/c11-9-3-1-2-8(10(9)12)4-7(5-13)6-14/h1-3,7,14H,4-6,13H2/t7-/m1/s1. The van der Waals surface area contributed by atoms with Gasteiger partial charge in [-0.05, 0) is 30.5 Å². The molecule has 0 saturated heterocycles. The molecule has 1 aromatic carbocycles. The highest BCUT2D eigenvalue weighted by atomic mass is 35.5. The smallest absolute Gasteiger partial charge is 0.0624 e. The number of aliphatic hydroxyl groups excluding tert-OH is 1. The van der Waals surface area contributed by atoms with Crippen LogP contribution in [0.2, 0.25) is 10.0 Å². The Morgan fingerprint density at radius 3 is 2.64 bits per heavy atom. The van der Waals surface area contributed by atoms with Crippen molar-refractivity contribution in [1.29, 1.82) is 0 Å². The molecule has 3 N–H and O–H groups in total. The summed E-state index contributed by atoms with van der Waals surface area (Å²) in [5.41, 5.74) is 6.42. The van der Waals surface area contributed by atoms with Crippen LogP contribution in [0, 0.1) is 5.92 Å². The second-order valence-electron chi connectivity index (χ2n) is 3.20. The maximum absolute atomic E-state index is 8.99. The Hall–Kier alpha value is -0.280. The zero-order valence-corrected chi connectivity index (χ0v) is 9.22. The summed E-state index contributed by atoms with van der Waals surface area (Å²) < 4.78 is 0. The summed E-state index contributed by atoms with van der Waals surface area (Å²) in [4.78, 5) is 0. The van der Waals surface area contributed by atoms with Gasteiger partial charge < -0.3 is 10.8 Å². The van der Waals surface area contributed by atoms with Crippen molar-refractivity contribution in [1.82, 2.24) is 0 Å². The predicted octanol–water partition coefficient (Wildman–Crippen LogP) is 2.10. The minimum absolute atomic E-state index is 0.0472. The van der Waals surface area contributed by atoms with Crippen LogP contribution in [-0.4, -0.2) is 18.3 Å². The van der Waals surface area contributed by atoms with Gasteiger partial charge in [-0.15, -0.1) is 0 Å². The van der Waals surface area contributed by atoms with Gasteiger partial charge in [-0.2, -0.15) is 0 Å². The summed E-state index contributed by atoms with van der Waals surface area (Å²) in [6, 6.07) is 5.48. The van der Waals surface area contributed by atoms with Gasteiger partial charge >= 0.3 is 0 Å². The van der Waals surface area contributed by atoms with Crippen LogP contribution in [0.15, 0.2) is 18.2 Å². The number of nitrogens with two attached hydrogens (primary N) is 1. The van der Waals surface area contributed by atoms with Gasteiger partial charge in [0, 0.05) is 6.61 Å². The SMILES string of the molecule is NC[C@H](CO)Cc1cccc(Cl)c1Cl. The third-order valence-electron chi connectivity index (χ3n) is 2.13. The molecule has 14 heavy (non-hydrogen) atoms. The minimum atomic E-state index is 0.0472. The zero-order valence-electron chi connectivity index (χ0n) is 7.71. The topological polar surface area (TPSA) is 46.2 Å². The molecule has 0 radical (unpaired) electrons. The molecule has 0 fully saturated rings. The molecule has 0 aliphatic carbocycles. The second-order valence-corrected chi connectivity index (χ2v) is 3.99. The molecule has 0 amide bonds. The number of benzene rings is 1. The van der Waals surface area contributed by atoms with Crippen LogP contribution < -0.4 is 5.73 Å². The third-order valence-corrected chi connectivity index (χ3v) is 2.99. The van der Waals surface area contributed by atoms with Crippen LogP contribution in [-0.2, 0) is 6.42 Å². The second kappa shape index (κ2) is 5.56. The summed E-state index contributed by atoms with van der Waals surface area (Å²) in [5.74, 6) is 0.0472. The molecular formula is C10H13Cl2NO. The molecular weight excluding hydrogens is 221 g/mol. The van der Waals surface area contributed by atoms with Crippen molar-refractivity contribution in [2.45, 2.75) is 6.42 Å². The zero-order chi connectivity index (χ0) is 10.6. The summed E-state index contributed by atoms with van der Waals surface area (Å²) in [7, 11) is 0. The molecule has 0 unspecified atom stereocenters. The summed E-state index contributed by atoms with van der Waals surface area (Å²) in [5, 5.41) is 10.1. The van der Waals surface area contributed by atoms with Gasteiger partial charge in [-0.25, -0.2) is 0 Å². The molecule has 1 rings (SSSR count). The van der Waals surface area contributed by atoms with E-state index >= 15 is 0 Å². The average Bonchev–Trinajstić information content (AvgIpc) is 2.20. The number of hydrogen-bond acceptors (Lipinski definition) is 2. The van der Waals surface area contributed by atoms with Gasteiger partial charge in [-0.1, -0.05) is 35.3 Å². The van der Waals surface area contributed by atoms with E-state index in [1.54, 1.807) is 6.07 Å². The molecule has 78 valence electrons. The third kappa shape index (κ3) is 2.85. The minimum Gasteiger partial charge on any atom is -0.396 e. The molecule has 0 saturated carbocycles. The van der Waals surface area contributed by atoms with Crippen molar-refractivity contribution in [2.24, 2.45) is 11.7 Å². The molecule has 0 spiro atoms. The summed E-state index contributed by atoms with van der Waals surface area (Å²) >= 11 is 11.9. The first-order valence-electron chi connectivity index (χ1n) is 4.42.